The van der Waals surface area contributed by atoms with Crippen LogP contribution in [0.4, 0.5) is 4.39 Å². The van der Waals surface area contributed by atoms with E-state index < -0.39 is 17.2 Å². The van der Waals surface area contributed by atoms with Crippen LogP contribution < -0.4 is 10.3 Å². The summed E-state index contributed by atoms with van der Waals surface area (Å²) in [6.45, 7) is 2.53. The molecule has 2 aliphatic heterocycles. The molecule has 1 saturated carbocycles. The van der Waals surface area contributed by atoms with E-state index in [1.54, 1.807) is 0 Å². The summed E-state index contributed by atoms with van der Waals surface area (Å²) in [6.07, 6.45) is 7.30. The number of fused-ring (bicyclic) bond motifs is 1. The highest BCUT2D eigenvalue weighted by atomic mass is 19.1. The average Bonchev–Trinajstić information content (AvgIpc) is 2.64. The number of rotatable bonds is 2. The molecule has 2 aromatic rings. The zero-order valence-corrected chi connectivity index (χ0v) is 15.2. The zero-order valence-electron chi connectivity index (χ0n) is 15.2. The molecule has 3 heterocycles. The van der Waals surface area contributed by atoms with E-state index in [9.17, 15) is 9.18 Å². The lowest BCUT2D eigenvalue weighted by molar-refractivity contribution is -0.231. The fourth-order valence-electron chi connectivity index (χ4n) is 4.26. The van der Waals surface area contributed by atoms with Gasteiger partial charge in [-0.15, -0.1) is 0 Å². The Kier molecular flexibility index (Phi) is 4.06. The first-order valence-electron chi connectivity index (χ1n) is 9.70. The van der Waals surface area contributed by atoms with Crippen molar-refractivity contribution in [3.05, 3.63) is 52.2 Å². The van der Waals surface area contributed by atoms with E-state index in [0.717, 1.165) is 48.8 Å². The van der Waals surface area contributed by atoms with E-state index in [-0.39, 0.29) is 0 Å². The molecule has 1 aliphatic carbocycles. The van der Waals surface area contributed by atoms with Gasteiger partial charge in [-0.05, 0) is 36.6 Å². The van der Waals surface area contributed by atoms with Gasteiger partial charge in [0.1, 0.15) is 5.75 Å². The number of aromatic nitrogens is 1. The third-order valence-corrected chi connectivity index (χ3v) is 6.19. The molecular formula is C21H23FN2O3. The maximum atomic E-state index is 13.6. The van der Waals surface area contributed by atoms with Gasteiger partial charge in [0.25, 0.3) is 5.56 Å². The van der Waals surface area contributed by atoms with E-state index >= 15 is 0 Å². The van der Waals surface area contributed by atoms with Crippen molar-refractivity contribution in [2.75, 3.05) is 13.1 Å². The number of hydrogen-bond acceptors (Lipinski definition) is 4. The summed E-state index contributed by atoms with van der Waals surface area (Å²) in [6, 6.07) is 7.78. The second kappa shape index (κ2) is 6.46. The molecule has 0 unspecified atom stereocenters. The summed E-state index contributed by atoms with van der Waals surface area (Å²) in [7, 11) is 0. The van der Waals surface area contributed by atoms with Gasteiger partial charge in [-0.1, -0.05) is 12.5 Å². The zero-order chi connectivity index (χ0) is 18.4. The van der Waals surface area contributed by atoms with Crippen LogP contribution in [0.1, 0.15) is 37.7 Å². The van der Waals surface area contributed by atoms with Crippen molar-refractivity contribution in [2.24, 2.45) is 0 Å². The van der Waals surface area contributed by atoms with E-state index in [4.69, 9.17) is 9.47 Å². The van der Waals surface area contributed by atoms with E-state index in [0.29, 0.717) is 12.2 Å². The van der Waals surface area contributed by atoms with Crippen molar-refractivity contribution in [1.29, 1.82) is 0 Å². The number of hydrogen-bond donors (Lipinski definition) is 1. The summed E-state index contributed by atoms with van der Waals surface area (Å²) in [5.41, 5.74) is 1.69. The van der Waals surface area contributed by atoms with Crippen LogP contribution in [-0.4, -0.2) is 34.8 Å². The first-order valence-corrected chi connectivity index (χ1v) is 9.70. The standard InChI is InChI=1S/C21H23FN2O3/c22-18-11-15(12-23-20(18)25)14-4-5-19-16(10-14)13-26-21(27-19)6-8-24(9-7-21)17-2-1-3-17/h4-5,10-12,17H,1-3,6-9,13H2,(H,23,25). The Morgan fingerprint density at radius 2 is 1.96 bits per heavy atom. The van der Waals surface area contributed by atoms with Crippen molar-refractivity contribution < 1.29 is 13.9 Å². The minimum atomic E-state index is -0.783. The van der Waals surface area contributed by atoms with Crippen LogP contribution in [0.2, 0.25) is 0 Å². The Morgan fingerprint density at radius 1 is 1.15 bits per heavy atom. The lowest BCUT2D eigenvalue weighted by Gasteiger charge is -2.47. The van der Waals surface area contributed by atoms with Crippen molar-refractivity contribution >= 4 is 0 Å². The quantitative estimate of drug-likeness (QED) is 0.880. The molecule has 1 N–H and O–H groups in total. The van der Waals surface area contributed by atoms with Crippen LogP contribution in [0, 0.1) is 5.82 Å². The molecule has 1 saturated heterocycles. The van der Waals surface area contributed by atoms with Gasteiger partial charge in [0, 0.05) is 49.3 Å². The van der Waals surface area contributed by atoms with Crippen LogP contribution >= 0.6 is 0 Å². The Morgan fingerprint density at radius 3 is 2.67 bits per heavy atom. The molecule has 5 nitrogen and oxygen atoms in total. The fraction of sp³-hybridized carbons (Fsp3) is 0.476. The fourth-order valence-corrected chi connectivity index (χ4v) is 4.26. The van der Waals surface area contributed by atoms with Crippen LogP contribution in [0.3, 0.4) is 0 Å². The van der Waals surface area contributed by atoms with Gasteiger partial charge in [-0.3, -0.25) is 9.69 Å². The highest BCUT2D eigenvalue weighted by molar-refractivity contribution is 5.65. The number of piperidine rings is 1. The highest BCUT2D eigenvalue weighted by Crippen LogP contribution is 2.40. The van der Waals surface area contributed by atoms with Crippen LogP contribution in [0.15, 0.2) is 35.3 Å². The van der Waals surface area contributed by atoms with Gasteiger partial charge in [-0.25, -0.2) is 4.39 Å². The molecular weight excluding hydrogens is 347 g/mol. The summed E-state index contributed by atoms with van der Waals surface area (Å²) in [5.74, 6) is -0.458. The summed E-state index contributed by atoms with van der Waals surface area (Å²) >= 11 is 0. The van der Waals surface area contributed by atoms with E-state index in [1.807, 2.05) is 18.2 Å². The van der Waals surface area contributed by atoms with Gasteiger partial charge >= 0.3 is 0 Å². The maximum absolute atomic E-state index is 13.6. The normalized spacial score (nSPS) is 22.1. The minimum absolute atomic E-state index is 0.485. The predicted molar refractivity (Wildman–Crippen MR) is 99.1 cm³/mol. The average molecular weight is 370 g/mol. The number of benzene rings is 1. The van der Waals surface area contributed by atoms with Crippen molar-refractivity contribution in [3.63, 3.8) is 0 Å². The molecule has 142 valence electrons. The SMILES string of the molecule is O=c1[nH]cc(-c2ccc3c(c2)COC2(CCN(C4CCC4)CC2)O3)cc1F. The topological polar surface area (TPSA) is 54.6 Å². The Hall–Kier alpha value is -2.18. The summed E-state index contributed by atoms with van der Waals surface area (Å²) < 4.78 is 26.0. The van der Waals surface area contributed by atoms with Crippen LogP contribution in [-0.2, 0) is 11.3 Å². The molecule has 6 heteroatoms. The predicted octanol–water partition coefficient (Wildman–Crippen LogP) is 3.43. The number of nitrogens with zero attached hydrogens (tertiary/aromatic N) is 1. The Balaban J connectivity index is 1.33. The van der Waals surface area contributed by atoms with Gasteiger partial charge < -0.3 is 14.5 Å². The summed E-state index contributed by atoms with van der Waals surface area (Å²) in [5, 5.41) is 0. The molecule has 1 aromatic heterocycles. The molecule has 0 amide bonds. The Labute approximate surface area is 157 Å². The minimum Gasteiger partial charge on any atom is -0.462 e. The molecule has 3 aliphatic rings. The van der Waals surface area contributed by atoms with Gasteiger partial charge in [0.05, 0.1) is 6.61 Å². The van der Waals surface area contributed by atoms with Crippen molar-refractivity contribution in [2.45, 2.75) is 50.5 Å². The highest BCUT2D eigenvalue weighted by Gasteiger charge is 2.42. The number of H-pyrrole nitrogens is 1. The van der Waals surface area contributed by atoms with Crippen molar-refractivity contribution in [3.8, 4) is 16.9 Å². The first-order chi connectivity index (χ1) is 13.1. The lowest BCUT2D eigenvalue weighted by Crippen LogP contribution is -2.54. The molecule has 0 atom stereocenters. The molecule has 1 aromatic carbocycles. The number of likely N-dealkylation sites (tertiary alicyclic amines) is 1. The lowest BCUT2D eigenvalue weighted by atomic mass is 9.89. The van der Waals surface area contributed by atoms with Crippen LogP contribution in [0.25, 0.3) is 11.1 Å². The smallest absolute Gasteiger partial charge is 0.283 e. The number of ether oxygens (including phenoxy) is 2. The van der Waals surface area contributed by atoms with E-state index in [1.165, 1.54) is 31.5 Å². The monoisotopic (exact) mass is 370 g/mol. The Bertz CT molecular complexity index is 914. The molecule has 2 fully saturated rings. The molecule has 1 spiro atoms. The first kappa shape index (κ1) is 17.0. The van der Waals surface area contributed by atoms with Gasteiger partial charge in [0.2, 0.25) is 5.79 Å². The molecule has 27 heavy (non-hydrogen) atoms. The van der Waals surface area contributed by atoms with Crippen LogP contribution in [0.5, 0.6) is 5.75 Å². The third-order valence-electron chi connectivity index (χ3n) is 6.19. The number of pyridine rings is 1. The molecule has 5 rings (SSSR count). The van der Waals surface area contributed by atoms with Gasteiger partial charge in [0.15, 0.2) is 5.82 Å². The number of aromatic amines is 1. The maximum Gasteiger partial charge on any atom is 0.283 e. The van der Waals surface area contributed by atoms with E-state index in [2.05, 4.69) is 9.88 Å². The molecule has 0 radical (unpaired) electrons. The second-order valence-corrected chi connectivity index (χ2v) is 7.81. The number of halogens is 1. The third kappa shape index (κ3) is 3.07. The number of nitrogens with one attached hydrogen (secondary N) is 1. The largest absolute Gasteiger partial charge is 0.462 e. The molecule has 0 bridgehead atoms. The second-order valence-electron chi connectivity index (χ2n) is 7.81. The van der Waals surface area contributed by atoms with Gasteiger partial charge in [-0.2, -0.15) is 0 Å². The summed E-state index contributed by atoms with van der Waals surface area (Å²) in [4.78, 5) is 16.2. The van der Waals surface area contributed by atoms with Crippen molar-refractivity contribution in [1.82, 2.24) is 9.88 Å².